The van der Waals surface area contributed by atoms with Crippen LogP contribution in [-0.2, 0) is 36.8 Å². The van der Waals surface area contributed by atoms with Gasteiger partial charge in [0.2, 0.25) is 17.7 Å². The Morgan fingerprint density at radius 1 is 0.767 bits per heavy atom. The van der Waals surface area contributed by atoms with Crippen LogP contribution in [0.4, 0.5) is 0 Å². The zero-order valence-corrected chi connectivity index (χ0v) is 23.6. The lowest BCUT2D eigenvalue weighted by molar-refractivity contribution is -0.143. The first-order valence-corrected chi connectivity index (χ1v) is 14.0. The molecule has 0 spiro atoms. The summed E-state index contributed by atoms with van der Waals surface area (Å²) >= 11 is 0. The van der Waals surface area contributed by atoms with Gasteiger partial charge < -0.3 is 42.6 Å². The lowest BCUT2D eigenvalue weighted by Gasteiger charge is -2.25. The molecule has 3 rings (SSSR count). The number of nitrogens with one attached hydrogen (secondary N) is 4. The Balaban J connectivity index is 1.74. The molecule has 0 fully saturated rings. The zero-order chi connectivity index (χ0) is 31.4. The van der Waals surface area contributed by atoms with Gasteiger partial charge in [-0.2, -0.15) is 0 Å². The average Bonchev–Trinajstić information content (AvgIpc) is 3.38. The number of carboxylic acids is 2. The Morgan fingerprint density at radius 2 is 1.40 bits per heavy atom. The van der Waals surface area contributed by atoms with E-state index in [1.165, 1.54) is 0 Å². The van der Waals surface area contributed by atoms with Crippen molar-refractivity contribution in [1.29, 1.82) is 0 Å². The maximum Gasteiger partial charge on any atom is 0.326 e. The fourth-order valence-corrected chi connectivity index (χ4v) is 4.65. The van der Waals surface area contributed by atoms with Gasteiger partial charge in [0.05, 0.1) is 12.5 Å². The van der Waals surface area contributed by atoms with Gasteiger partial charge in [-0.05, 0) is 49.4 Å². The number of carbonyl (C=O) groups excluding carboxylic acids is 3. The van der Waals surface area contributed by atoms with Crippen LogP contribution in [0.5, 0.6) is 0 Å². The number of aromatic amines is 1. The lowest BCUT2D eigenvalue weighted by atomic mass is 10.0. The maximum atomic E-state index is 13.3. The van der Waals surface area contributed by atoms with E-state index in [0.717, 1.165) is 16.5 Å². The predicted octanol–water partition coefficient (Wildman–Crippen LogP) is 0.423. The highest BCUT2D eigenvalue weighted by atomic mass is 16.4. The highest BCUT2D eigenvalue weighted by molar-refractivity contribution is 5.96. The van der Waals surface area contributed by atoms with E-state index in [1.807, 2.05) is 24.3 Å². The first-order chi connectivity index (χ1) is 20.6. The number of aromatic nitrogens is 1. The van der Waals surface area contributed by atoms with Crippen LogP contribution >= 0.6 is 0 Å². The van der Waals surface area contributed by atoms with Crippen molar-refractivity contribution in [3.63, 3.8) is 0 Å². The summed E-state index contributed by atoms with van der Waals surface area (Å²) in [7, 11) is 0. The van der Waals surface area contributed by atoms with Gasteiger partial charge in [-0.25, -0.2) is 4.79 Å². The number of hydrogen-bond acceptors (Lipinski definition) is 7. The molecule has 43 heavy (non-hydrogen) atoms. The second kappa shape index (κ2) is 16.0. The molecular weight excluding hydrogens is 556 g/mol. The van der Waals surface area contributed by atoms with Crippen molar-refractivity contribution in [3.8, 4) is 0 Å². The second-order valence-corrected chi connectivity index (χ2v) is 10.3. The molecule has 0 bridgehead atoms. The van der Waals surface area contributed by atoms with Gasteiger partial charge in [-0.15, -0.1) is 0 Å². The summed E-state index contributed by atoms with van der Waals surface area (Å²) in [6, 6.07) is 11.0. The van der Waals surface area contributed by atoms with E-state index in [1.54, 1.807) is 36.5 Å². The fourth-order valence-electron chi connectivity index (χ4n) is 4.65. The van der Waals surface area contributed by atoms with Crippen LogP contribution in [0, 0.1) is 0 Å². The standard InChI is InChI=1S/C30H38N6O7/c31-13-7-6-12-23(30(42)43)34-28(40)24(14-18-8-2-1-3-9-18)36-29(41)25(16-26(37)38)35-27(39)21(32)15-19-17-33-22-11-5-4-10-20(19)22/h1-5,8-11,17,21,23-25,33H,6-7,12-16,31-32H2,(H,34,40)(H,35,39)(H,36,41)(H,37,38)(H,42,43)/t21-,23-,24-,25-/m0/s1. The summed E-state index contributed by atoms with van der Waals surface area (Å²) in [5.41, 5.74) is 13.9. The third kappa shape index (κ3) is 9.94. The monoisotopic (exact) mass is 594 g/mol. The normalized spacial score (nSPS) is 13.8. The van der Waals surface area contributed by atoms with Crippen molar-refractivity contribution < 1.29 is 34.2 Å². The number of carboxylic acid groups (broad SMARTS) is 2. The lowest BCUT2D eigenvalue weighted by Crippen LogP contribution is -2.58. The summed E-state index contributed by atoms with van der Waals surface area (Å²) in [5.74, 6) is -5.05. The van der Waals surface area contributed by atoms with Gasteiger partial charge in [0.25, 0.3) is 0 Å². The SMILES string of the molecule is NCCCC[C@H](NC(=O)[C@H](Cc1ccccc1)NC(=O)[C@H](CC(=O)O)NC(=O)[C@@H](N)Cc1c[nH]c2ccccc12)C(=O)O. The number of nitrogens with two attached hydrogens (primary N) is 2. The molecule has 3 amide bonds. The smallest absolute Gasteiger partial charge is 0.326 e. The highest BCUT2D eigenvalue weighted by Crippen LogP contribution is 2.19. The van der Waals surface area contributed by atoms with Crippen LogP contribution in [0.1, 0.15) is 36.8 Å². The predicted molar refractivity (Wildman–Crippen MR) is 159 cm³/mol. The number of carbonyl (C=O) groups is 5. The van der Waals surface area contributed by atoms with E-state index in [9.17, 15) is 34.2 Å². The van der Waals surface area contributed by atoms with E-state index in [0.29, 0.717) is 24.9 Å². The minimum Gasteiger partial charge on any atom is -0.481 e. The number of aliphatic carboxylic acids is 2. The van der Waals surface area contributed by atoms with Gasteiger partial charge in [0.15, 0.2) is 0 Å². The maximum absolute atomic E-state index is 13.3. The van der Waals surface area contributed by atoms with Crippen molar-refractivity contribution in [2.45, 2.75) is 62.7 Å². The molecule has 13 nitrogen and oxygen atoms in total. The number of H-pyrrole nitrogens is 1. The Morgan fingerprint density at radius 3 is 2.07 bits per heavy atom. The molecule has 3 aromatic rings. The van der Waals surface area contributed by atoms with E-state index < -0.39 is 60.2 Å². The number of amides is 3. The Hall–Kier alpha value is -4.75. The van der Waals surface area contributed by atoms with Crippen molar-refractivity contribution in [1.82, 2.24) is 20.9 Å². The minimum atomic E-state index is -1.55. The van der Waals surface area contributed by atoms with Gasteiger partial charge >= 0.3 is 11.9 Å². The minimum absolute atomic E-state index is 0.0125. The first kappa shape index (κ1) is 32.8. The first-order valence-electron chi connectivity index (χ1n) is 14.0. The molecule has 0 radical (unpaired) electrons. The quantitative estimate of drug-likeness (QED) is 0.101. The Bertz CT molecular complexity index is 1410. The Kier molecular flexibility index (Phi) is 12.2. The second-order valence-electron chi connectivity index (χ2n) is 10.3. The van der Waals surface area contributed by atoms with E-state index in [4.69, 9.17) is 11.5 Å². The number of para-hydroxylation sites is 1. The number of unbranched alkanes of at least 4 members (excludes halogenated alkanes) is 1. The summed E-state index contributed by atoms with van der Waals surface area (Å²) < 4.78 is 0. The van der Waals surface area contributed by atoms with Crippen molar-refractivity contribution >= 4 is 40.6 Å². The summed E-state index contributed by atoms with van der Waals surface area (Å²) in [5, 5.41) is 27.3. The van der Waals surface area contributed by atoms with E-state index >= 15 is 0 Å². The average molecular weight is 595 g/mol. The number of rotatable bonds is 17. The van der Waals surface area contributed by atoms with Crippen LogP contribution in [0.3, 0.4) is 0 Å². The third-order valence-electron chi connectivity index (χ3n) is 6.94. The van der Waals surface area contributed by atoms with Crippen molar-refractivity contribution in [3.05, 3.63) is 71.9 Å². The van der Waals surface area contributed by atoms with Gasteiger partial charge in [-0.1, -0.05) is 48.5 Å². The zero-order valence-electron chi connectivity index (χ0n) is 23.6. The van der Waals surface area contributed by atoms with Gasteiger partial charge in [0.1, 0.15) is 18.1 Å². The molecule has 13 heteroatoms. The molecule has 10 N–H and O–H groups in total. The molecule has 2 aromatic carbocycles. The molecular formula is C30H38N6O7. The molecule has 0 saturated heterocycles. The third-order valence-corrected chi connectivity index (χ3v) is 6.94. The van der Waals surface area contributed by atoms with Gasteiger partial charge in [0, 0.05) is 23.5 Å². The molecule has 4 atom stereocenters. The summed E-state index contributed by atoms with van der Waals surface area (Å²) in [6.45, 7) is 0.370. The Labute approximate surface area is 248 Å². The molecule has 0 aliphatic rings. The van der Waals surface area contributed by atoms with Crippen LogP contribution in [0.15, 0.2) is 60.8 Å². The molecule has 0 aliphatic carbocycles. The summed E-state index contributed by atoms with van der Waals surface area (Å²) in [4.78, 5) is 66.0. The molecule has 230 valence electrons. The molecule has 1 aromatic heterocycles. The van der Waals surface area contributed by atoms with Crippen LogP contribution in [-0.4, -0.2) is 75.6 Å². The molecule has 0 saturated carbocycles. The number of benzene rings is 2. The van der Waals surface area contributed by atoms with Crippen LogP contribution in [0.25, 0.3) is 10.9 Å². The van der Waals surface area contributed by atoms with Crippen LogP contribution < -0.4 is 27.4 Å². The van der Waals surface area contributed by atoms with E-state index in [-0.39, 0.29) is 19.3 Å². The van der Waals surface area contributed by atoms with E-state index in [2.05, 4.69) is 20.9 Å². The topological polar surface area (TPSA) is 230 Å². The number of hydrogen-bond donors (Lipinski definition) is 8. The fraction of sp³-hybridized carbons (Fsp3) is 0.367. The molecule has 1 heterocycles. The highest BCUT2D eigenvalue weighted by Gasteiger charge is 2.31. The van der Waals surface area contributed by atoms with Gasteiger partial charge in [-0.3, -0.25) is 19.2 Å². The molecule has 0 unspecified atom stereocenters. The number of fused-ring (bicyclic) bond motifs is 1. The largest absolute Gasteiger partial charge is 0.481 e. The van der Waals surface area contributed by atoms with Crippen molar-refractivity contribution in [2.75, 3.05) is 6.54 Å². The van der Waals surface area contributed by atoms with Crippen molar-refractivity contribution in [2.24, 2.45) is 11.5 Å². The molecule has 0 aliphatic heterocycles. The summed E-state index contributed by atoms with van der Waals surface area (Å²) in [6.07, 6.45) is 2.24. The van der Waals surface area contributed by atoms with Crippen LogP contribution in [0.2, 0.25) is 0 Å².